The third-order valence-electron chi connectivity index (χ3n) is 9.31. The fraction of sp³-hybridized carbons (Fsp3) is 0.179. The van der Waals surface area contributed by atoms with E-state index in [1.54, 1.807) is 0 Å². The maximum Gasteiger partial charge on any atom is 0.0494 e. The number of aromatic nitrogens is 1. The molecule has 3 aliphatic carbocycles. The highest BCUT2D eigenvalue weighted by Gasteiger charge is 2.25. The van der Waals surface area contributed by atoms with Gasteiger partial charge < -0.3 is 4.57 Å². The zero-order valence-corrected chi connectivity index (χ0v) is 23.5. The lowest BCUT2D eigenvalue weighted by atomic mass is 9.92. The first-order valence-electron chi connectivity index (χ1n) is 14.6. The first kappa shape index (κ1) is 23.5. The molecule has 0 radical (unpaired) electrons. The van der Waals surface area contributed by atoms with Gasteiger partial charge in [0.05, 0.1) is 0 Å². The van der Waals surface area contributed by atoms with Gasteiger partial charge in [-0.15, -0.1) is 0 Å². The molecule has 1 aromatic heterocycles. The van der Waals surface area contributed by atoms with Crippen LogP contribution in [0.2, 0.25) is 0 Å². The topological polar surface area (TPSA) is 4.93 Å². The molecule has 0 spiro atoms. The van der Waals surface area contributed by atoms with Crippen molar-refractivity contribution >= 4 is 12.2 Å². The predicted octanol–water partition coefficient (Wildman–Crippen LogP) is 9.83. The molecule has 0 bridgehead atoms. The van der Waals surface area contributed by atoms with E-state index >= 15 is 0 Å². The number of hydrogen-bond acceptors (Lipinski definition) is 0. The molecule has 0 saturated carbocycles. The van der Waals surface area contributed by atoms with Crippen LogP contribution in [0, 0.1) is 12.8 Å². The summed E-state index contributed by atoms with van der Waals surface area (Å²) in [7, 11) is 0. The largest absolute Gasteiger partial charge is 0.310 e. The van der Waals surface area contributed by atoms with Crippen LogP contribution in [-0.4, -0.2) is 4.57 Å². The van der Waals surface area contributed by atoms with Crippen molar-refractivity contribution in [3.05, 3.63) is 136 Å². The van der Waals surface area contributed by atoms with E-state index in [2.05, 4.69) is 129 Å². The van der Waals surface area contributed by atoms with Crippen molar-refractivity contribution in [2.75, 3.05) is 0 Å². The van der Waals surface area contributed by atoms with Gasteiger partial charge in [0.25, 0.3) is 0 Å². The molecule has 40 heavy (non-hydrogen) atoms. The SMILES string of the molecule is C/C=C\c1c(C)c2c(n1-c1ccc3c(c1)Cc1cc(-c4ccc5c(c4)Cc4ccccc4-5)ccc1-3)C=CC(C)C2. The van der Waals surface area contributed by atoms with Gasteiger partial charge in [-0.25, -0.2) is 0 Å². The lowest BCUT2D eigenvalue weighted by molar-refractivity contribution is 0.712. The average molecular weight is 516 g/mol. The molecule has 0 amide bonds. The van der Waals surface area contributed by atoms with E-state index < -0.39 is 0 Å². The van der Waals surface area contributed by atoms with Gasteiger partial charge in [0.15, 0.2) is 0 Å². The van der Waals surface area contributed by atoms with Crippen molar-refractivity contribution in [1.29, 1.82) is 0 Å². The molecule has 0 fully saturated rings. The summed E-state index contributed by atoms with van der Waals surface area (Å²) in [5, 5.41) is 0. The van der Waals surface area contributed by atoms with E-state index in [0.717, 1.165) is 19.3 Å². The quantitative estimate of drug-likeness (QED) is 0.221. The number of allylic oxidation sites excluding steroid dienone is 2. The van der Waals surface area contributed by atoms with Crippen LogP contribution in [0.15, 0.2) is 91.0 Å². The highest BCUT2D eigenvalue weighted by atomic mass is 15.0. The van der Waals surface area contributed by atoms with Crippen LogP contribution in [0.25, 0.3) is 51.2 Å². The number of fused-ring (bicyclic) bond motifs is 7. The number of rotatable bonds is 3. The predicted molar refractivity (Wildman–Crippen MR) is 169 cm³/mol. The lowest BCUT2D eigenvalue weighted by Crippen LogP contribution is -2.06. The van der Waals surface area contributed by atoms with Gasteiger partial charge >= 0.3 is 0 Å². The highest BCUT2D eigenvalue weighted by Crippen LogP contribution is 2.43. The molecular weight excluding hydrogens is 482 g/mol. The zero-order valence-electron chi connectivity index (χ0n) is 23.5. The van der Waals surface area contributed by atoms with Gasteiger partial charge in [0, 0.05) is 17.1 Å². The average Bonchev–Trinajstić information content (AvgIpc) is 3.61. The fourth-order valence-electron chi connectivity index (χ4n) is 7.33. The molecule has 8 rings (SSSR count). The van der Waals surface area contributed by atoms with E-state index in [4.69, 9.17) is 0 Å². The molecule has 0 saturated heterocycles. The second-order valence-electron chi connectivity index (χ2n) is 11.8. The Hall–Kier alpha value is -4.36. The summed E-state index contributed by atoms with van der Waals surface area (Å²) < 4.78 is 2.48. The van der Waals surface area contributed by atoms with E-state index in [9.17, 15) is 0 Å². The summed E-state index contributed by atoms with van der Waals surface area (Å²) in [6.45, 7) is 6.72. The molecule has 3 aliphatic rings. The minimum Gasteiger partial charge on any atom is -0.310 e. The van der Waals surface area contributed by atoms with E-state index in [-0.39, 0.29) is 0 Å². The molecule has 0 N–H and O–H groups in total. The number of hydrogen-bond donors (Lipinski definition) is 0. The Kier molecular flexibility index (Phi) is 5.19. The van der Waals surface area contributed by atoms with Crippen LogP contribution in [-0.2, 0) is 19.3 Å². The van der Waals surface area contributed by atoms with Gasteiger partial charge in [-0.2, -0.15) is 0 Å². The van der Waals surface area contributed by atoms with E-state index in [0.29, 0.717) is 5.92 Å². The van der Waals surface area contributed by atoms with Crippen molar-refractivity contribution in [3.8, 4) is 39.1 Å². The maximum absolute atomic E-state index is 2.48. The maximum atomic E-state index is 2.48. The Labute approximate surface area is 237 Å². The van der Waals surface area contributed by atoms with Crippen LogP contribution in [0.4, 0.5) is 0 Å². The van der Waals surface area contributed by atoms with Crippen LogP contribution in [0.5, 0.6) is 0 Å². The first-order valence-corrected chi connectivity index (χ1v) is 14.6. The van der Waals surface area contributed by atoms with Crippen molar-refractivity contribution in [3.63, 3.8) is 0 Å². The first-order chi connectivity index (χ1) is 19.6. The van der Waals surface area contributed by atoms with Crippen molar-refractivity contribution in [2.45, 2.75) is 40.0 Å². The third-order valence-corrected chi connectivity index (χ3v) is 9.31. The number of nitrogens with zero attached hydrogens (tertiary/aromatic N) is 1. The molecule has 1 unspecified atom stereocenters. The molecule has 1 heterocycles. The summed E-state index contributed by atoms with van der Waals surface area (Å²) in [4.78, 5) is 0. The molecule has 194 valence electrons. The van der Waals surface area contributed by atoms with Gasteiger partial charge in [0.2, 0.25) is 0 Å². The summed E-state index contributed by atoms with van der Waals surface area (Å²) >= 11 is 0. The van der Waals surface area contributed by atoms with Crippen molar-refractivity contribution < 1.29 is 0 Å². The second-order valence-corrected chi connectivity index (χ2v) is 11.8. The third kappa shape index (κ3) is 3.47. The smallest absolute Gasteiger partial charge is 0.0494 e. The van der Waals surface area contributed by atoms with E-state index in [1.165, 1.54) is 83.8 Å². The molecule has 1 atom stereocenters. The normalized spacial score (nSPS) is 16.1. The molecule has 1 heteroatoms. The molecule has 5 aromatic rings. The van der Waals surface area contributed by atoms with Crippen molar-refractivity contribution in [1.82, 2.24) is 4.57 Å². The Morgan fingerprint density at radius 1 is 0.725 bits per heavy atom. The molecule has 0 aliphatic heterocycles. The van der Waals surface area contributed by atoms with Gasteiger partial charge in [0.1, 0.15) is 0 Å². The Morgan fingerprint density at radius 2 is 1.35 bits per heavy atom. The molecular formula is C39H33N. The lowest BCUT2D eigenvalue weighted by Gasteiger charge is -2.16. The van der Waals surface area contributed by atoms with Crippen LogP contribution < -0.4 is 0 Å². The zero-order chi connectivity index (χ0) is 27.0. The summed E-state index contributed by atoms with van der Waals surface area (Å²) in [5.74, 6) is 0.588. The Bertz CT molecular complexity index is 1910. The van der Waals surface area contributed by atoms with Crippen molar-refractivity contribution in [2.24, 2.45) is 5.92 Å². The minimum atomic E-state index is 0.588. The van der Waals surface area contributed by atoms with Crippen LogP contribution >= 0.6 is 0 Å². The second kappa shape index (κ2) is 8.83. The standard InChI is InChI=1S/C39H33N/c1-4-7-38-25(3)37-18-24(2)10-17-39(37)40(38)32-13-16-36-31(23-32)22-30-20-27(12-15-35(30)36)26-11-14-34-29(19-26)21-28-8-5-6-9-33(28)34/h4-17,19-20,23-24H,18,21-22H2,1-3H3/b7-4-. The van der Waals surface area contributed by atoms with Gasteiger partial charge in [-0.3, -0.25) is 0 Å². The van der Waals surface area contributed by atoms with Gasteiger partial charge in [-0.1, -0.05) is 85.8 Å². The van der Waals surface area contributed by atoms with Crippen LogP contribution in [0.1, 0.15) is 58.6 Å². The Balaban J connectivity index is 1.15. The summed E-state index contributed by atoms with van der Waals surface area (Å²) in [6, 6.07) is 30.0. The highest BCUT2D eigenvalue weighted by molar-refractivity contribution is 5.84. The number of benzene rings is 4. The summed E-state index contributed by atoms with van der Waals surface area (Å²) in [5.41, 5.74) is 20.7. The van der Waals surface area contributed by atoms with Gasteiger partial charge in [-0.05, 0) is 130 Å². The van der Waals surface area contributed by atoms with Crippen LogP contribution in [0.3, 0.4) is 0 Å². The summed E-state index contributed by atoms with van der Waals surface area (Å²) in [6.07, 6.45) is 12.3. The monoisotopic (exact) mass is 515 g/mol. The fourth-order valence-corrected chi connectivity index (χ4v) is 7.33. The Morgan fingerprint density at radius 3 is 2.08 bits per heavy atom. The molecule has 4 aromatic carbocycles. The minimum absolute atomic E-state index is 0.588. The van der Waals surface area contributed by atoms with E-state index in [1.807, 2.05) is 0 Å². The molecule has 1 nitrogen and oxygen atoms in total.